The molecule has 0 aliphatic rings. The Hall–Kier alpha value is -2.32. The van der Waals surface area contributed by atoms with Gasteiger partial charge < -0.3 is 16.0 Å². The van der Waals surface area contributed by atoms with Crippen LogP contribution in [0, 0.1) is 0 Å². The highest BCUT2D eigenvalue weighted by atomic mass is 32.2. The number of carbonyl (C=O) groups excluding carboxylic acids is 1. The number of carbonyl (C=O) groups is 1. The molecule has 0 radical (unpaired) electrons. The number of aromatic nitrogens is 1. The van der Waals surface area contributed by atoms with Gasteiger partial charge in [-0.15, -0.1) is 0 Å². The number of hydrogen-bond donors (Lipinski definition) is 3. The summed E-state index contributed by atoms with van der Waals surface area (Å²) in [5.41, 5.74) is 12.0. The molecule has 1 amide bonds. The van der Waals surface area contributed by atoms with E-state index < -0.39 is 15.9 Å². The van der Waals surface area contributed by atoms with Crippen molar-refractivity contribution in [3.8, 4) is 0 Å². The molecule has 112 valence electrons. The van der Waals surface area contributed by atoms with Gasteiger partial charge in [-0.25, -0.2) is 8.42 Å². The smallest absolute Gasteiger partial charge is 0.265 e. The molecule has 1 heterocycles. The number of nitrogens with zero attached hydrogens (tertiary/aromatic N) is 1. The van der Waals surface area contributed by atoms with Gasteiger partial charge in [-0.05, 0) is 23.8 Å². The van der Waals surface area contributed by atoms with Gasteiger partial charge in [-0.3, -0.25) is 9.52 Å². The standard InChI is InChI=1S/C13H16N4O3S/c1-17-8-11(6-12(17)13(15)18)21(19,20)16-10-4-2-3-9(5-10)7-14/h2-6,8,16H,7,14H2,1H3,(H2,15,18). The fourth-order valence-corrected chi connectivity index (χ4v) is 3.02. The highest BCUT2D eigenvalue weighted by Crippen LogP contribution is 2.19. The van der Waals surface area contributed by atoms with Crippen molar-refractivity contribution in [2.75, 3.05) is 4.72 Å². The van der Waals surface area contributed by atoms with Crippen molar-refractivity contribution in [1.82, 2.24) is 4.57 Å². The lowest BCUT2D eigenvalue weighted by Gasteiger charge is -2.07. The Morgan fingerprint density at radius 2 is 2.05 bits per heavy atom. The van der Waals surface area contributed by atoms with E-state index in [4.69, 9.17) is 11.5 Å². The van der Waals surface area contributed by atoms with E-state index in [2.05, 4.69) is 4.72 Å². The summed E-state index contributed by atoms with van der Waals surface area (Å²) in [5.74, 6) is -0.691. The number of sulfonamides is 1. The third kappa shape index (κ3) is 3.23. The van der Waals surface area contributed by atoms with Gasteiger partial charge in [0, 0.05) is 25.5 Å². The SMILES string of the molecule is Cn1cc(S(=O)(=O)Nc2cccc(CN)c2)cc1C(N)=O. The molecule has 1 aromatic carbocycles. The molecular formula is C13H16N4O3S. The van der Waals surface area contributed by atoms with Crippen LogP contribution < -0.4 is 16.2 Å². The van der Waals surface area contributed by atoms with Crippen molar-refractivity contribution in [1.29, 1.82) is 0 Å². The number of anilines is 1. The molecule has 0 aliphatic heterocycles. The van der Waals surface area contributed by atoms with Crippen LogP contribution in [0.1, 0.15) is 16.1 Å². The fraction of sp³-hybridized carbons (Fsp3) is 0.154. The summed E-state index contributed by atoms with van der Waals surface area (Å²) in [6.07, 6.45) is 1.33. The van der Waals surface area contributed by atoms with Gasteiger partial charge in [0.05, 0.1) is 0 Å². The van der Waals surface area contributed by atoms with E-state index in [1.54, 1.807) is 31.3 Å². The molecule has 1 aromatic heterocycles. The van der Waals surface area contributed by atoms with Crippen LogP contribution >= 0.6 is 0 Å². The van der Waals surface area contributed by atoms with Crippen molar-refractivity contribution in [2.24, 2.45) is 18.5 Å². The monoisotopic (exact) mass is 308 g/mol. The molecule has 21 heavy (non-hydrogen) atoms. The minimum atomic E-state index is -3.79. The quantitative estimate of drug-likeness (QED) is 0.739. The van der Waals surface area contributed by atoms with E-state index in [1.165, 1.54) is 16.8 Å². The fourth-order valence-electron chi connectivity index (χ4n) is 1.90. The molecule has 0 unspecified atom stereocenters. The normalized spacial score (nSPS) is 11.3. The molecular weight excluding hydrogens is 292 g/mol. The van der Waals surface area contributed by atoms with Gasteiger partial charge >= 0.3 is 0 Å². The van der Waals surface area contributed by atoms with E-state index in [1.807, 2.05) is 0 Å². The summed E-state index contributed by atoms with van der Waals surface area (Å²) < 4.78 is 28.4. The molecule has 0 saturated carbocycles. The zero-order valence-electron chi connectivity index (χ0n) is 11.4. The minimum Gasteiger partial charge on any atom is -0.364 e. The zero-order valence-corrected chi connectivity index (χ0v) is 12.2. The van der Waals surface area contributed by atoms with Gasteiger partial charge in [-0.2, -0.15) is 0 Å². The molecule has 0 atom stereocenters. The van der Waals surface area contributed by atoms with E-state index >= 15 is 0 Å². The molecule has 0 aliphatic carbocycles. The lowest BCUT2D eigenvalue weighted by atomic mass is 10.2. The van der Waals surface area contributed by atoms with Gasteiger partial charge in [0.15, 0.2) is 0 Å². The number of amides is 1. The molecule has 0 saturated heterocycles. The second-order valence-electron chi connectivity index (χ2n) is 4.55. The molecule has 0 fully saturated rings. The van der Waals surface area contributed by atoms with Gasteiger partial charge in [0.2, 0.25) is 0 Å². The number of nitrogens with one attached hydrogen (secondary N) is 1. The van der Waals surface area contributed by atoms with Gasteiger partial charge in [-0.1, -0.05) is 12.1 Å². The lowest BCUT2D eigenvalue weighted by Crippen LogP contribution is -2.14. The Morgan fingerprint density at radius 1 is 1.33 bits per heavy atom. The van der Waals surface area contributed by atoms with Crippen LogP contribution in [0.2, 0.25) is 0 Å². The summed E-state index contributed by atoms with van der Waals surface area (Å²) >= 11 is 0. The average molecular weight is 308 g/mol. The Kier molecular flexibility index (Phi) is 4.01. The maximum Gasteiger partial charge on any atom is 0.265 e. The molecule has 7 nitrogen and oxygen atoms in total. The van der Waals surface area contributed by atoms with Crippen LogP contribution in [0.25, 0.3) is 0 Å². The first-order valence-electron chi connectivity index (χ1n) is 6.11. The topological polar surface area (TPSA) is 120 Å². The third-order valence-corrected chi connectivity index (χ3v) is 4.31. The largest absolute Gasteiger partial charge is 0.364 e. The summed E-state index contributed by atoms with van der Waals surface area (Å²) in [7, 11) is -2.24. The Labute approximate surface area is 122 Å². The molecule has 8 heteroatoms. The second-order valence-corrected chi connectivity index (χ2v) is 6.23. The Balaban J connectivity index is 2.34. The first-order valence-corrected chi connectivity index (χ1v) is 7.60. The number of nitrogens with two attached hydrogens (primary N) is 2. The first kappa shape index (κ1) is 15.1. The number of aryl methyl sites for hydroxylation is 1. The summed E-state index contributed by atoms with van der Waals surface area (Å²) in [6.45, 7) is 0.312. The summed E-state index contributed by atoms with van der Waals surface area (Å²) in [6, 6.07) is 8.01. The lowest BCUT2D eigenvalue weighted by molar-refractivity contribution is 0.0992. The minimum absolute atomic E-state index is 0.0306. The summed E-state index contributed by atoms with van der Waals surface area (Å²) in [4.78, 5) is 11.1. The van der Waals surface area contributed by atoms with Crippen LogP contribution in [0.3, 0.4) is 0 Å². The van der Waals surface area contributed by atoms with E-state index in [9.17, 15) is 13.2 Å². The summed E-state index contributed by atoms with van der Waals surface area (Å²) in [5, 5.41) is 0. The zero-order chi connectivity index (χ0) is 15.6. The maximum absolute atomic E-state index is 12.3. The predicted octanol–water partition coefficient (Wildman–Crippen LogP) is 0.384. The van der Waals surface area contributed by atoms with E-state index in [-0.39, 0.29) is 10.6 Å². The maximum atomic E-state index is 12.3. The molecule has 0 bridgehead atoms. The van der Waals surface area contributed by atoms with Crippen molar-refractivity contribution >= 4 is 21.6 Å². The van der Waals surface area contributed by atoms with Crippen LogP contribution in [0.5, 0.6) is 0 Å². The van der Waals surface area contributed by atoms with Crippen molar-refractivity contribution in [3.63, 3.8) is 0 Å². The predicted molar refractivity (Wildman–Crippen MR) is 79.1 cm³/mol. The molecule has 2 rings (SSSR count). The number of rotatable bonds is 5. The van der Waals surface area contributed by atoms with E-state index in [0.29, 0.717) is 12.2 Å². The third-order valence-electron chi connectivity index (χ3n) is 2.96. The number of hydrogen-bond acceptors (Lipinski definition) is 4. The average Bonchev–Trinajstić information content (AvgIpc) is 2.81. The van der Waals surface area contributed by atoms with Gasteiger partial charge in [0.1, 0.15) is 10.6 Å². The first-order chi connectivity index (χ1) is 9.83. The second kappa shape index (κ2) is 5.58. The van der Waals surface area contributed by atoms with Gasteiger partial charge in [0.25, 0.3) is 15.9 Å². The highest BCUT2D eigenvalue weighted by Gasteiger charge is 2.19. The van der Waals surface area contributed by atoms with Crippen molar-refractivity contribution in [2.45, 2.75) is 11.4 Å². The van der Waals surface area contributed by atoms with Crippen LogP contribution in [-0.4, -0.2) is 18.9 Å². The molecule has 2 aromatic rings. The van der Waals surface area contributed by atoms with E-state index in [0.717, 1.165) is 5.56 Å². The molecule has 5 N–H and O–H groups in total. The number of benzene rings is 1. The van der Waals surface area contributed by atoms with Crippen molar-refractivity contribution in [3.05, 3.63) is 47.8 Å². The van der Waals surface area contributed by atoms with Crippen LogP contribution in [0.4, 0.5) is 5.69 Å². The van der Waals surface area contributed by atoms with Crippen LogP contribution in [-0.2, 0) is 23.6 Å². The number of primary amides is 1. The molecule has 0 spiro atoms. The Bertz CT molecular complexity index is 780. The highest BCUT2D eigenvalue weighted by molar-refractivity contribution is 7.92. The van der Waals surface area contributed by atoms with Crippen molar-refractivity contribution < 1.29 is 13.2 Å². The Morgan fingerprint density at radius 3 is 2.62 bits per heavy atom. The van der Waals surface area contributed by atoms with Crippen LogP contribution in [0.15, 0.2) is 41.4 Å².